The number of amides is 1. The standard InChI is InChI=1S/C20H31F3N4O.HI/c1-6-25-17(28)19(3,4)13-27-18(24-5)26-11-10-14(2)15-8-7-9-16(12-15)20(21,22)23;/h7-9,12,14H,6,10-11,13H2,1-5H3,(H,25,28)(H2,24,26,27);1H. The average molecular weight is 528 g/mol. The molecule has 0 saturated heterocycles. The summed E-state index contributed by atoms with van der Waals surface area (Å²) in [6.07, 6.45) is -3.70. The van der Waals surface area contributed by atoms with Gasteiger partial charge < -0.3 is 16.0 Å². The molecule has 0 saturated carbocycles. The van der Waals surface area contributed by atoms with Gasteiger partial charge in [0, 0.05) is 26.7 Å². The van der Waals surface area contributed by atoms with Crippen LogP contribution in [0.1, 0.15) is 51.2 Å². The quantitative estimate of drug-likeness (QED) is 0.270. The highest BCUT2D eigenvalue weighted by Crippen LogP contribution is 2.31. The number of rotatable bonds is 8. The number of carbonyl (C=O) groups excluding carboxylic acids is 1. The first-order chi connectivity index (χ1) is 13.0. The summed E-state index contributed by atoms with van der Waals surface area (Å²) in [5.74, 6) is 0.462. The molecular weight excluding hydrogens is 496 g/mol. The molecule has 0 fully saturated rings. The van der Waals surface area contributed by atoms with Gasteiger partial charge in [-0.15, -0.1) is 24.0 Å². The summed E-state index contributed by atoms with van der Waals surface area (Å²) in [5, 5.41) is 9.06. The highest BCUT2D eigenvalue weighted by Gasteiger charge is 2.30. The second-order valence-electron chi connectivity index (χ2n) is 7.41. The highest BCUT2D eigenvalue weighted by molar-refractivity contribution is 14.0. The van der Waals surface area contributed by atoms with Gasteiger partial charge in [-0.3, -0.25) is 9.79 Å². The van der Waals surface area contributed by atoms with Crippen molar-refractivity contribution in [1.29, 1.82) is 0 Å². The largest absolute Gasteiger partial charge is 0.416 e. The van der Waals surface area contributed by atoms with Crippen molar-refractivity contribution in [2.75, 3.05) is 26.7 Å². The van der Waals surface area contributed by atoms with Gasteiger partial charge >= 0.3 is 6.18 Å². The normalized spacial score (nSPS) is 13.3. The SMILES string of the molecule is CCNC(=O)C(C)(C)CNC(=NC)NCCC(C)c1cccc(C(F)(F)F)c1.I. The molecule has 0 aromatic heterocycles. The molecule has 0 aliphatic carbocycles. The van der Waals surface area contributed by atoms with Gasteiger partial charge in [-0.25, -0.2) is 0 Å². The molecule has 9 heteroatoms. The zero-order valence-electron chi connectivity index (χ0n) is 17.6. The number of halogens is 4. The zero-order valence-corrected chi connectivity index (χ0v) is 19.9. The van der Waals surface area contributed by atoms with Gasteiger partial charge in [0.2, 0.25) is 5.91 Å². The molecule has 0 spiro atoms. The number of benzene rings is 1. The summed E-state index contributed by atoms with van der Waals surface area (Å²) in [6, 6.07) is 5.43. The minimum absolute atomic E-state index is 0. The Labute approximate surface area is 188 Å². The number of nitrogens with one attached hydrogen (secondary N) is 3. The van der Waals surface area contributed by atoms with Crippen LogP contribution in [0.25, 0.3) is 0 Å². The first kappa shape index (κ1) is 27.5. The fourth-order valence-electron chi connectivity index (χ4n) is 2.60. The molecule has 0 radical (unpaired) electrons. The van der Waals surface area contributed by atoms with Crippen LogP contribution < -0.4 is 16.0 Å². The van der Waals surface area contributed by atoms with Crippen molar-refractivity contribution in [1.82, 2.24) is 16.0 Å². The Kier molecular flexibility index (Phi) is 11.6. The maximum atomic E-state index is 12.9. The number of nitrogens with zero attached hydrogens (tertiary/aromatic N) is 1. The van der Waals surface area contributed by atoms with Crippen LogP contribution in [0.3, 0.4) is 0 Å². The summed E-state index contributed by atoms with van der Waals surface area (Å²) in [7, 11) is 1.63. The molecule has 0 heterocycles. The number of carbonyl (C=O) groups is 1. The summed E-state index contributed by atoms with van der Waals surface area (Å²) >= 11 is 0. The summed E-state index contributed by atoms with van der Waals surface area (Å²) in [5.41, 5.74) is -0.578. The second kappa shape index (κ2) is 12.2. The molecule has 29 heavy (non-hydrogen) atoms. The topological polar surface area (TPSA) is 65.5 Å². The van der Waals surface area contributed by atoms with Gasteiger partial charge in [0.25, 0.3) is 0 Å². The molecule has 1 aromatic carbocycles. The molecule has 0 aliphatic heterocycles. The van der Waals surface area contributed by atoms with E-state index in [9.17, 15) is 18.0 Å². The maximum absolute atomic E-state index is 12.9. The summed E-state index contributed by atoms with van der Waals surface area (Å²) in [6.45, 7) is 8.96. The van der Waals surface area contributed by atoms with Crippen LogP contribution in [0.2, 0.25) is 0 Å². The lowest BCUT2D eigenvalue weighted by molar-refractivity contribution is -0.137. The second-order valence-corrected chi connectivity index (χ2v) is 7.41. The highest BCUT2D eigenvalue weighted by atomic mass is 127. The van der Waals surface area contributed by atoms with Crippen molar-refractivity contribution in [3.05, 3.63) is 35.4 Å². The Balaban J connectivity index is 0.00000784. The van der Waals surface area contributed by atoms with Crippen LogP contribution in [0.4, 0.5) is 13.2 Å². The molecule has 5 nitrogen and oxygen atoms in total. The monoisotopic (exact) mass is 528 g/mol. The van der Waals surface area contributed by atoms with Crippen molar-refractivity contribution in [3.63, 3.8) is 0 Å². The van der Waals surface area contributed by atoms with Crippen molar-refractivity contribution < 1.29 is 18.0 Å². The van der Waals surface area contributed by atoms with E-state index in [0.717, 1.165) is 6.07 Å². The van der Waals surface area contributed by atoms with E-state index in [1.165, 1.54) is 12.1 Å². The first-order valence-corrected chi connectivity index (χ1v) is 9.41. The lowest BCUT2D eigenvalue weighted by atomic mass is 9.92. The maximum Gasteiger partial charge on any atom is 0.416 e. The zero-order chi connectivity index (χ0) is 21.4. The first-order valence-electron chi connectivity index (χ1n) is 9.41. The number of aliphatic imine (C=N–C) groups is 1. The van der Waals surface area contributed by atoms with Crippen LogP contribution in [-0.2, 0) is 11.0 Å². The Bertz CT molecular complexity index is 678. The molecule has 166 valence electrons. The third kappa shape index (κ3) is 9.22. The summed E-state index contributed by atoms with van der Waals surface area (Å²) in [4.78, 5) is 16.2. The van der Waals surface area contributed by atoms with Crippen LogP contribution in [0, 0.1) is 5.41 Å². The fraction of sp³-hybridized carbons (Fsp3) is 0.600. The molecule has 1 amide bonds. The van der Waals surface area contributed by atoms with Crippen molar-refractivity contribution in [2.45, 2.75) is 46.2 Å². The van der Waals surface area contributed by atoms with E-state index in [-0.39, 0.29) is 35.8 Å². The van der Waals surface area contributed by atoms with E-state index in [2.05, 4.69) is 20.9 Å². The lowest BCUT2D eigenvalue weighted by Crippen LogP contribution is -2.48. The predicted molar refractivity (Wildman–Crippen MR) is 122 cm³/mol. The Morgan fingerprint density at radius 1 is 1.17 bits per heavy atom. The third-order valence-corrected chi connectivity index (χ3v) is 4.53. The van der Waals surface area contributed by atoms with Crippen molar-refractivity contribution >= 4 is 35.8 Å². The summed E-state index contributed by atoms with van der Waals surface area (Å²) < 4.78 is 38.6. The minimum atomic E-state index is -4.34. The number of hydrogen-bond donors (Lipinski definition) is 3. The predicted octanol–water partition coefficient (Wildman–Crippen LogP) is 4.14. The van der Waals surface area contributed by atoms with Crippen LogP contribution in [0.15, 0.2) is 29.3 Å². The molecule has 1 aromatic rings. The van der Waals surface area contributed by atoms with Crippen molar-refractivity contribution in [2.24, 2.45) is 10.4 Å². The Hall–Kier alpha value is -1.52. The van der Waals surface area contributed by atoms with Gasteiger partial charge in [0.15, 0.2) is 5.96 Å². The smallest absolute Gasteiger partial charge is 0.356 e. The minimum Gasteiger partial charge on any atom is -0.356 e. The van der Waals surface area contributed by atoms with E-state index in [1.807, 2.05) is 27.7 Å². The van der Waals surface area contributed by atoms with E-state index in [1.54, 1.807) is 13.1 Å². The van der Waals surface area contributed by atoms with Gasteiger partial charge in [0.1, 0.15) is 0 Å². The Morgan fingerprint density at radius 2 is 1.83 bits per heavy atom. The van der Waals surface area contributed by atoms with E-state index < -0.39 is 17.2 Å². The molecule has 0 aliphatic rings. The van der Waals surface area contributed by atoms with Gasteiger partial charge in [0.05, 0.1) is 11.0 Å². The van der Waals surface area contributed by atoms with Crippen molar-refractivity contribution in [3.8, 4) is 0 Å². The molecule has 0 bridgehead atoms. The van der Waals surface area contributed by atoms with E-state index >= 15 is 0 Å². The number of guanidine groups is 1. The van der Waals surface area contributed by atoms with Gasteiger partial charge in [-0.2, -0.15) is 13.2 Å². The fourth-order valence-corrected chi connectivity index (χ4v) is 2.60. The third-order valence-electron chi connectivity index (χ3n) is 4.53. The number of hydrogen-bond acceptors (Lipinski definition) is 2. The molecule has 3 N–H and O–H groups in total. The Morgan fingerprint density at radius 3 is 2.38 bits per heavy atom. The van der Waals surface area contributed by atoms with E-state index in [4.69, 9.17) is 0 Å². The van der Waals surface area contributed by atoms with Crippen LogP contribution in [0.5, 0.6) is 0 Å². The van der Waals surface area contributed by atoms with Gasteiger partial charge in [-0.1, -0.05) is 25.1 Å². The van der Waals surface area contributed by atoms with E-state index in [0.29, 0.717) is 37.6 Å². The molecule has 1 rings (SSSR count). The molecule has 1 atom stereocenters. The molecular formula is C20H32F3IN4O. The number of alkyl halides is 3. The van der Waals surface area contributed by atoms with Crippen LogP contribution in [-0.4, -0.2) is 38.5 Å². The average Bonchev–Trinajstić information content (AvgIpc) is 2.63. The molecule has 1 unspecified atom stereocenters. The van der Waals surface area contributed by atoms with Crippen LogP contribution >= 0.6 is 24.0 Å². The lowest BCUT2D eigenvalue weighted by Gasteiger charge is -2.25. The van der Waals surface area contributed by atoms with Gasteiger partial charge in [-0.05, 0) is 44.7 Å².